The van der Waals surface area contributed by atoms with Gasteiger partial charge in [0.15, 0.2) is 0 Å². The molecule has 1 aromatic heterocycles. The Morgan fingerprint density at radius 3 is 2.89 bits per heavy atom. The average molecular weight is 275 g/mol. The summed E-state index contributed by atoms with van der Waals surface area (Å²) in [6.45, 7) is 0.881. The maximum Gasteiger partial charge on any atom is 0.205 e. The topological polar surface area (TPSA) is 66.5 Å². The molecule has 0 radical (unpaired) electrons. The number of benzene rings is 1. The molecule has 0 atom stereocenters. The second-order valence-corrected chi connectivity index (χ2v) is 5.24. The number of thiazole rings is 1. The van der Waals surface area contributed by atoms with E-state index in [-0.39, 0.29) is 0 Å². The molecule has 0 saturated heterocycles. The van der Waals surface area contributed by atoms with E-state index in [1.807, 2.05) is 32.3 Å². The molecular weight excluding hydrogens is 258 g/mol. The summed E-state index contributed by atoms with van der Waals surface area (Å²) in [4.78, 5) is 6.20. The Bertz CT molecular complexity index is 562. The fraction of sp³-hybridized carbons (Fsp3) is 0.231. The molecule has 0 fully saturated rings. The van der Waals surface area contributed by atoms with Gasteiger partial charge in [0.1, 0.15) is 5.82 Å². The van der Waals surface area contributed by atoms with Gasteiger partial charge in [-0.2, -0.15) is 5.10 Å². The first-order valence-corrected chi connectivity index (χ1v) is 6.76. The molecule has 0 spiro atoms. The lowest BCUT2D eigenvalue weighted by Gasteiger charge is -2.11. The van der Waals surface area contributed by atoms with Crippen LogP contribution in [0.3, 0.4) is 0 Å². The highest BCUT2D eigenvalue weighted by molar-refractivity contribution is 7.14. The van der Waals surface area contributed by atoms with Crippen LogP contribution < -0.4 is 11.2 Å². The quantitative estimate of drug-likeness (QED) is 0.648. The first-order chi connectivity index (χ1) is 9.15. The molecule has 1 heterocycles. The highest BCUT2D eigenvalue weighted by Gasteiger charge is 2.01. The van der Waals surface area contributed by atoms with Gasteiger partial charge in [-0.05, 0) is 25.2 Å². The Balaban J connectivity index is 2.05. The van der Waals surface area contributed by atoms with Crippen LogP contribution in [0.15, 0.2) is 34.7 Å². The van der Waals surface area contributed by atoms with Gasteiger partial charge in [0.05, 0.1) is 6.21 Å². The predicted octanol–water partition coefficient (Wildman–Crippen LogP) is 2.23. The minimum Gasteiger partial charge on any atom is -0.383 e. The van der Waals surface area contributed by atoms with E-state index < -0.39 is 0 Å². The van der Waals surface area contributed by atoms with Crippen LogP contribution in [0.25, 0.3) is 0 Å². The molecule has 0 unspecified atom stereocenters. The highest BCUT2D eigenvalue weighted by atomic mass is 32.1. The highest BCUT2D eigenvalue weighted by Crippen LogP contribution is 2.16. The Kier molecular flexibility index (Phi) is 4.48. The molecule has 100 valence electrons. The Hall–Kier alpha value is -1.92. The van der Waals surface area contributed by atoms with Gasteiger partial charge in [0, 0.05) is 11.9 Å². The fourth-order valence-electron chi connectivity index (χ4n) is 1.64. The largest absolute Gasteiger partial charge is 0.383 e. The van der Waals surface area contributed by atoms with Gasteiger partial charge in [-0.15, -0.1) is 11.3 Å². The molecule has 0 amide bonds. The lowest BCUT2D eigenvalue weighted by Crippen LogP contribution is -2.12. The van der Waals surface area contributed by atoms with Crippen molar-refractivity contribution in [2.45, 2.75) is 6.54 Å². The lowest BCUT2D eigenvalue weighted by molar-refractivity contribution is 0.402. The molecule has 19 heavy (non-hydrogen) atoms. The zero-order valence-electron chi connectivity index (χ0n) is 11.0. The van der Waals surface area contributed by atoms with Crippen molar-refractivity contribution >= 4 is 28.5 Å². The van der Waals surface area contributed by atoms with Gasteiger partial charge in [0.2, 0.25) is 5.13 Å². The number of hydrogen-bond donors (Lipinski definition) is 2. The van der Waals surface area contributed by atoms with Gasteiger partial charge in [0.25, 0.3) is 0 Å². The second-order valence-electron chi connectivity index (χ2n) is 4.38. The first-order valence-electron chi connectivity index (χ1n) is 5.88. The Morgan fingerprint density at radius 1 is 1.42 bits per heavy atom. The van der Waals surface area contributed by atoms with Crippen LogP contribution in [0, 0.1) is 0 Å². The average Bonchev–Trinajstić information content (AvgIpc) is 2.77. The maximum atomic E-state index is 5.54. The number of nitrogen functional groups attached to an aromatic ring is 1. The van der Waals surface area contributed by atoms with Crippen molar-refractivity contribution in [1.82, 2.24) is 9.88 Å². The molecule has 1 aromatic carbocycles. The monoisotopic (exact) mass is 275 g/mol. The van der Waals surface area contributed by atoms with Crippen LogP contribution >= 0.6 is 11.3 Å². The van der Waals surface area contributed by atoms with Crippen molar-refractivity contribution in [3.63, 3.8) is 0 Å². The van der Waals surface area contributed by atoms with Crippen molar-refractivity contribution in [2.24, 2.45) is 5.10 Å². The Labute approximate surface area is 116 Å². The molecule has 0 aliphatic rings. The van der Waals surface area contributed by atoms with Crippen LogP contribution in [0.2, 0.25) is 0 Å². The fourth-order valence-corrected chi connectivity index (χ4v) is 2.19. The number of rotatable bonds is 5. The molecule has 0 aliphatic heterocycles. The number of anilines is 2. The van der Waals surface area contributed by atoms with Crippen molar-refractivity contribution < 1.29 is 0 Å². The van der Waals surface area contributed by atoms with Crippen LogP contribution in [0.4, 0.5) is 10.9 Å². The molecule has 0 aliphatic carbocycles. The second kappa shape index (κ2) is 6.31. The molecule has 0 saturated carbocycles. The first kappa shape index (κ1) is 13.5. The molecular formula is C13H17N5S. The molecule has 6 heteroatoms. The van der Waals surface area contributed by atoms with E-state index in [2.05, 4.69) is 26.5 Å². The summed E-state index contributed by atoms with van der Waals surface area (Å²) in [7, 11) is 4.09. The van der Waals surface area contributed by atoms with Crippen molar-refractivity contribution in [3.8, 4) is 0 Å². The standard InChI is InChI=1S/C13H17N5S/c1-18(2)8-11-6-4-3-5-10(11)7-15-17-13-16-12(14)9-19-13/h3-7,9H,8,14H2,1-2H3,(H,16,17). The summed E-state index contributed by atoms with van der Waals surface area (Å²) < 4.78 is 0. The zero-order valence-corrected chi connectivity index (χ0v) is 11.8. The van der Waals surface area contributed by atoms with E-state index in [0.29, 0.717) is 10.9 Å². The number of hydrogen-bond acceptors (Lipinski definition) is 6. The van der Waals surface area contributed by atoms with E-state index in [4.69, 9.17) is 5.73 Å². The van der Waals surface area contributed by atoms with Gasteiger partial charge in [-0.25, -0.2) is 4.98 Å². The van der Waals surface area contributed by atoms with Crippen LogP contribution in [0.1, 0.15) is 11.1 Å². The SMILES string of the molecule is CN(C)Cc1ccccc1C=NNc1nc(N)cs1. The summed E-state index contributed by atoms with van der Waals surface area (Å²) in [5.74, 6) is 0.510. The number of nitrogens with two attached hydrogens (primary N) is 1. The number of nitrogens with zero attached hydrogens (tertiary/aromatic N) is 3. The molecule has 2 rings (SSSR count). The number of nitrogens with one attached hydrogen (secondary N) is 1. The van der Waals surface area contributed by atoms with Crippen molar-refractivity contribution in [3.05, 3.63) is 40.8 Å². The third-order valence-electron chi connectivity index (χ3n) is 2.43. The minimum atomic E-state index is 0.510. The van der Waals surface area contributed by atoms with Gasteiger partial charge < -0.3 is 10.6 Å². The van der Waals surface area contributed by atoms with Gasteiger partial charge >= 0.3 is 0 Å². The third kappa shape index (κ3) is 4.04. The molecule has 2 aromatic rings. The van der Waals surface area contributed by atoms with Crippen LogP contribution in [0.5, 0.6) is 0 Å². The normalized spacial score (nSPS) is 11.3. The van der Waals surface area contributed by atoms with Gasteiger partial charge in [-0.3, -0.25) is 5.43 Å². The summed E-state index contributed by atoms with van der Waals surface area (Å²) in [6.07, 6.45) is 1.80. The molecule has 0 bridgehead atoms. The summed E-state index contributed by atoms with van der Waals surface area (Å²) in [5, 5.41) is 6.66. The Morgan fingerprint density at radius 2 is 2.21 bits per heavy atom. The van der Waals surface area contributed by atoms with E-state index >= 15 is 0 Å². The predicted molar refractivity (Wildman–Crippen MR) is 81.6 cm³/mol. The smallest absolute Gasteiger partial charge is 0.205 e. The van der Waals surface area contributed by atoms with E-state index in [1.54, 1.807) is 11.6 Å². The maximum absolute atomic E-state index is 5.54. The van der Waals surface area contributed by atoms with E-state index in [0.717, 1.165) is 12.1 Å². The van der Waals surface area contributed by atoms with Gasteiger partial charge in [-0.1, -0.05) is 24.3 Å². The van der Waals surface area contributed by atoms with Crippen LogP contribution in [-0.4, -0.2) is 30.2 Å². The van der Waals surface area contributed by atoms with E-state index in [9.17, 15) is 0 Å². The molecule has 3 N–H and O–H groups in total. The summed E-state index contributed by atoms with van der Waals surface area (Å²) >= 11 is 1.43. The van der Waals surface area contributed by atoms with Crippen molar-refractivity contribution in [2.75, 3.05) is 25.3 Å². The minimum absolute atomic E-state index is 0.510. The van der Waals surface area contributed by atoms with Crippen LogP contribution in [-0.2, 0) is 6.54 Å². The zero-order chi connectivity index (χ0) is 13.7. The number of aromatic nitrogens is 1. The summed E-state index contributed by atoms with van der Waals surface area (Å²) in [6, 6.07) is 8.18. The van der Waals surface area contributed by atoms with Crippen molar-refractivity contribution in [1.29, 1.82) is 0 Å². The number of hydrazone groups is 1. The molecule has 5 nitrogen and oxygen atoms in total. The van der Waals surface area contributed by atoms with E-state index in [1.165, 1.54) is 16.9 Å². The third-order valence-corrected chi connectivity index (χ3v) is 3.19. The summed E-state index contributed by atoms with van der Waals surface area (Å²) in [5.41, 5.74) is 10.7. The lowest BCUT2D eigenvalue weighted by atomic mass is 10.1.